The number of rotatable bonds is 4. The summed E-state index contributed by atoms with van der Waals surface area (Å²) in [6, 6.07) is 6.75. The van der Waals surface area contributed by atoms with Crippen LogP contribution in [0.3, 0.4) is 0 Å². The average Bonchev–Trinajstić information content (AvgIpc) is 2.29. The van der Waals surface area contributed by atoms with E-state index in [-0.39, 0.29) is 10.5 Å². The summed E-state index contributed by atoms with van der Waals surface area (Å²) in [5, 5.41) is 9.89. The molecule has 1 rings (SSSR count). The Morgan fingerprint density at radius 3 is 2.75 bits per heavy atom. The maximum Gasteiger partial charge on any atom is 0.200 e. The molecule has 0 amide bonds. The van der Waals surface area contributed by atoms with E-state index in [1.165, 1.54) is 17.8 Å². The number of hydrogen-bond acceptors (Lipinski definition) is 4. The van der Waals surface area contributed by atoms with Crippen molar-refractivity contribution in [2.75, 3.05) is 5.75 Å². The molecule has 16 heavy (non-hydrogen) atoms. The number of thioether (sulfide) groups is 1. The summed E-state index contributed by atoms with van der Waals surface area (Å²) in [7, 11) is -3.55. The summed E-state index contributed by atoms with van der Waals surface area (Å²) >= 11 is 1.45. The van der Waals surface area contributed by atoms with Crippen LogP contribution in [0.5, 0.6) is 0 Å². The van der Waals surface area contributed by atoms with E-state index in [1.807, 2.05) is 13.0 Å². The highest BCUT2D eigenvalue weighted by Crippen LogP contribution is 2.28. The van der Waals surface area contributed by atoms with E-state index in [4.69, 9.17) is 5.26 Å². The maximum absolute atomic E-state index is 11.7. The first-order valence-electron chi connectivity index (χ1n) is 4.60. The van der Waals surface area contributed by atoms with Gasteiger partial charge in [0.25, 0.3) is 0 Å². The number of hydrogen-bond donors (Lipinski definition) is 0. The molecule has 0 saturated carbocycles. The van der Waals surface area contributed by atoms with Crippen LogP contribution in [0.1, 0.15) is 12.5 Å². The van der Waals surface area contributed by atoms with Crippen LogP contribution in [0.15, 0.2) is 40.0 Å². The third-order valence-corrected chi connectivity index (χ3v) is 4.26. The largest absolute Gasteiger partial charge is 0.219 e. The van der Waals surface area contributed by atoms with Gasteiger partial charge in [-0.3, -0.25) is 0 Å². The molecule has 0 N–H and O–H groups in total. The minimum Gasteiger partial charge on any atom is -0.219 e. The molecular weight excluding hydrogens is 242 g/mol. The van der Waals surface area contributed by atoms with Crippen molar-refractivity contribution >= 4 is 21.6 Å². The molecule has 0 aromatic heterocycles. The van der Waals surface area contributed by atoms with Crippen LogP contribution < -0.4 is 0 Å². The molecule has 3 nitrogen and oxygen atoms in total. The van der Waals surface area contributed by atoms with Gasteiger partial charge >= 0.3 is 0 Å². The molecular formula is C11H11NO2S2. The average molecular weight is 253 g/mol. The molecule has 1 aromatic rings. The fraction of sp³-hybridized carbons (Fsp3) is 0.182. The Hall–Kier alpha value is -1.25. The third-order valence-electron chi connectivity index (χ3n) is 1.93. The Morgan fingerprint density at radius 1 is 1.56 bits per heavy atom. The van der Waals surface area contributed by atoms with Gasteiger partial charge < -0.3 is 0 Å². The van der Waals surface area contributed by atoms with E-state index in [9.17, 15) is 8.42 Å². The topological polar surface area (TPSA) is 57.9 Å². The van der Waals surface area contributed by atoms with Crippen LogP contribution >= 0.6 is 11.8 Å². The normalized spacial score (nSPS) is 10.8. The van der Waals surface area contributed by atoms with Crippen LogP contribution in [-0.2, 0) is 9.84 Å². The molecule has 0 atom stereocenters. The Bertz CT molecular complexity index is 542. The summed E-state index contributed by atoms with van der Waals surface area (Å²) in [6.45, 7) is 5.20. The second-order valence-corrected chi connectivity index (χ2v) is 6.05. The number of sulfone groups is 1. The Kier molecular flexibility index (Phi) is 4.16. The number of nitriles is 1. The van der Waals surface area contributed by atoms with Crippen molar-refractivity contribution in [1.29, 1.82) is 5.26 Å². The van der Waals surface area contributed by atoms with Gasteiger partial charge in [-0.2, -0.15) is 5.26 Å². The molecule has 84 valence electrons. The first-order valence-corrected chi connectivity index (χ1v) is 7.13. The van der Waals surface area contributed by atoms with Crippen molar-refractivity contribution in [1.82, 2.24) is 0 Å². The van der Waals surface area contributed by atoms with E-state index in [0.29, 0.717) is 4.90 Å². The molecule has 0 saturated heterocycles. The van der Waals surface area contributed by atoms with Crippen LogP contribution in [-0.4, -0.2) is 14.2 Å². The lowest BCUT2D eigenvalue weighted by Gasteiger charge is -2.06. The highest BCUT2D eigenvalue weighted by atomic mass is 32.2. The molecule has 5 heteroatoms. The molecule has 0 heterocycles. The minimum atomic E-state index is -3.55. The standard InChI is InChI=1S/C11H11NO2S2/c1-3-15-10-6-5-7-11(9(10)8-12)16(13,14)4-2/h4-7H,2-3H2,1H3. The van der Waals surface area contributed by atoms with Gasteiger partial charge in [-0.25, -0.2) is 8.42 Å². The molecule has 0 unspecified atom stereocenters. The summed E-state index contributed by atoms with van der Waals surface area (Å²) in [5.74, 6) is 0.784. The van der Waals surface area contributed by atoms with Crippen LogP contribution in [0, 0.1) is 11.3 Å². The monoisotopic (exact) mass is 253 g/mol. The second kappa shape index (κ2) is 5.19. The molecule has 0 aliphatic heterocycles. The molecule has 0 spiro atoms. The van der Waals surface area contributed by atoms with Crippen LogP contribution in [0.25, 0.3) is 0 Å². The van der Waals surface area contributed by atoms with Gasteiger partial charge in [0.05, 0.1) is 10.5 Å². The highest BCUT2D eigenvalue weighted by molar-refractivity contribution is 7.99. The molecule has 0 aliphatic carbocycles. The van der Waals surface area contributed by atoms with Crippen molar-refractivity contribution in [2.24, 2.45) is 0 Å². The lowest BCUT2D eigenvalue weighted by molar-refractivity contribution is 0.604. The minimum absolute atomic E-state index is 0.0310. The van der Waals surface area contributed by atoms with Crippen LogP contribution in [0.4, 0.5) is 0 Å². The zero-order chi connectivity index (χ0) is 12.2. The molecule has 0 radical (unpaired) electrons. The first kappa shape index (κ1) is 12.8. The van der Waals surface area contributed by atoms with E-state index in [1.54, 1.807) is 12.1 Å². The van der Waals surface area contributed by atoms with Gasteiger partial charge in [0.1, 0.15) is 6.07 Å². The van der Waals surface area contributed by atoms with Crippen molar-refractivity contribution in [3.05, 3.63) is 35.7 Å². The predicted molar refractivity (Wildman–Crippen MR) is 64.9 cm³/mol. The van der Waals surface area contributed by atoms with E-state index >= 15 is 0 Å². The lowest BCUT2D eigenvalue weighted by Crippen LogP contribution is -2.00. The van der Waals surface area contributed by atoms with Crippen molar-refractivity contribution < 1.29 is 8.42 Å². The smallest absolute Gasteiger partial charge is 0.200 e. The van der Waals surface area contributed by atoms with Crippen molar-refractivity contribution in [2.45, 2.75) is 16.7 Å². The van der Waals surface area contributed by atoms with E-state index in [2.05, 4.69) is 6.58 Å². The first-order chi connectivity index (χ1) is 7.56. The SMILES string of the molecule is C=CS(=O)(=O)c1cccc(SCC)c1C#N. The number of benzene rings is 1. The Balaban J connectivity index is 3.49. The van der Waals surface area contributed by atoms with Crippen molar-refractivity contribution in [3.8, 4) is 6.07 Å². The molecule has 0 fully saturated rings. The Morgan fingerprint density at radius 2 is 2.25 bits per heavy atom. The Labute approximate surface area is 99.7 Å². The zero-order valence-electron chi connectivity index (χ0n) is 8.80. The van der Waals surface area contributed by atoms with Gasteiger partial charge in [0, 0.05) is 10.3 Å². The highest BCUT2D eigenvalue weighted by Gasteiger charge is 2.17. The second-order valence-electron chi connectivity index (χ2n) is 2.89. The fourth-order valence-electron chi connectivity index (χ4n) is 1.22. The quantitative estimate of drug-likeness (QED) is 0.774. The number of nitrogens with zero attached hydrogens (tertiary/aromatic N) is 1. The summed E-state index contributed by atoms with van der Waals surface area (Å²) in [4.78, 5) is 0.719. The van der Waals surface area contributed by atoms with Gasteiger partial charge in [0.2, 0.25) is 9.84 Å². The van der Waals surface area contributed by atoms with Crippen molar-refractivity contribution in [3.63, 3.8) is 0 Å². The summed E-state index contributed by atoms with van der Waals surface area (Å²) in [6.07, 6.45) is 0. The van der Waals surface area contributed by atoms with Crippen LogP contribution in [0.2, 0.25) is 0 Å². The fourth-order valence-corrected chi connectivity index (χ4v) is 2.96. The van der Waals surface area contributed by atoms with Gasteiger partial charge in [-0.05, 0) is 17.9 Å². The van der Waals surface area contributed by atoms with Gasteiger partial charge in [0.15, 0.2) is 0 Å². The van der Waals surface area contributed by atoms with Gasteiger partial charge in [-0.15, -0.1) is 11.8 Å². The lowest BCUT2D eigenvalue weighted by atomic mass is 10.2. The van der Waals surface area contributed by atoms with E-state index < -0.39 is 9.84 Å². The molecule has 0 aliphatic rings. The van der Waals surface area contributed by atoms with Gasteiger partial charge in [-0.1, -0.05) is 19.6 Å². The summed E-state index contributed by atoms with van der Waals surface area (Å²) < 4.78 is 23.3. The van der Waals surface area contributed by atoms with E-state index in [0.717, 1.165) is 11.2 Å². The summed E-state index contributed by atoms with van der Waals surface area (Å²) in [5.41, 5.74) is 0.203. The molecule has 0 bridgehead atoms. The molecule has 1 aromatic carbocycles. The zero-order valence-corrected chi connectivity index (χ0v) is 10.4. The maximum atomic E-state index is 11.7. The third kappa shape index (κ3) is 2.46. The predicted octanol–water partition coefficient (Wildman–Crippen LogP) is 2.59.